The molecule has 1 amide bonds. The molecule has 2 N–H and O–H groups in total. The van der Waals surface area contributed by atoms with Crippen LogP contribution in [0.15, 0.2) is 53.4 Å². The molecule has 0 spiro atoms. The SMILES string of the molecule is CCOCc1ccc(CNS(=O)(=O)c2ccc(NC(C)=O)cc2)cc1. The van der Waals surface area contributed by atoms with Crippen LogP contribution >= 0.6 is 0 Å². The molecule has 0 bridgehead atoms. The lowest BCUT2D eigenvalue weighted by Gasteiger charge is -2.09. The van der Waals surface area contributed by atoms with Crippen LogP contribution in [0.3, 0.4) is 0 Å². The summed E-state index contributed by atoms with van der Waals surface area (Å²) >= 11 is 0. The van der Waals surface area contributed by atoms with Gasteiger partial charge in [-0.15, -0.1) is 0 Å². The summed E-state index contributed by atoms with van der Waals surface area (Å²) in [5, 5.41) is 2.60. The number of carbonyl (C=O) groups is 1. The van der Waals surface area contributed by atoms with Crippen molar-refractivity contribution in [3.63, 3.8) is 0 Å². The summed E-state index contributed by atoms with van der Waals surface area (Å²) in [4.78, 5) is 11.1. The molecule has 0 saturated carbocycles. The van der Waals surface area contributed by atoms with E-state index in [9.17, 15) is 13.2 Å². The number of ether oxygens (including phenoxy) is 1. The maximum Gasteiger partial charge on any atom is 0.240 e. The van der Waals surface area contributed by atoms with Gasteiger partial charge in [-0.05, 0) is 42.3 Å². The Balaban J connectivity index is 1.97. The number of hydrogen-bond donors (Lipinski definition) is 2. The highest BCUT2D eigenvalue weighted by Gasteiger charge is 2.13. The molecule has 0 heterocycles. The van der Waals surface area contributed by atoms with Crippen molar-refractivity contribution in [1.29, 1.82) is 0 Å². The summed E-state index contributed by atoms with van der Waals surface area (Å²) in [7, 11) is -3.62. The molecule has 0 aliphatic heterocycles. The van der Waals surface area contributed by atoms with Gasteiger partial charge < -0.3 is 10.1 Å². The van der Waals surface area contributed by atoms with E-state index in [1.54, 1.807) is 12.1 Å². The highest BCUT2D eigenvalue weighted by molar-refractivity contribution is 7.89. The molecule has 0 saturated heterocycles. The molecule has 0 aliphatic rings. The van der Waals surface area contributed by atoms with Crippen molar-refractivity contribution in [1.82, 2.24) is 4.72 Å². The minimum Gasteiger partial charge on any atom is -0.377 e. The van der Waals surface area contributed by atoms with Crippen LogP contribution in [0.4, 0.5) is 5.69 Å². The first-order chi connectivity index (χ1) is 11.9. The number of anilines is 1. The number of carbonyl (C=O) groups excluding carboxylic acids is 1. The summed E-state index contributed by atoms with van der Waals surface area (Å²) in [5.74, 6) is -0.207. The standard InChI is InChI=1S/C18H22N2O4S/c1-3-24-13-16-6-4-15(5-7-16)12-19-25(22,23)18-10-8-17(9-11-18)20-14(2)21/h4-11,19H,3,12-13H2,1-2H3,(H,20,21). The van der Waals surface area contributed by atoms with Crippen molar-refractivity contribution in [2.45, 2.75) is 31.9 Å². The third kappa shape index (κ3) is 5.97. The Labute approximate surface area is 148 Å². The van der Waals surface area contributed by atoms with Crippen molar-refractivity contribution in [2.24, 2.45) is 0 Å². The fourth-order valence-corrected chi connectivity index (χ4v) is 3.17. The molecule has 0 unspecified atom stereocenters. The lowest BCUT2D eigenvalue weighted by molar-refractivity contribution is -0.114. The van der Waals surface area contributed by atoms with E-state index in [2.05, 4.69) is 10.0 Å². The zero-order valence-corrected chi connectivity index (χ0v) is 15.1. The van der Waals surface area contributed by atoms with E-state index in [0.29, 0.717) is 18.9 Å². The summed E-state index contributed by atoms with van der Waals surface area (Å²) in [6.07, 6.45) is 0. The zero-order valence-electron chi connectivity index (χ0n) is 14.3. The molecule has 6 nitrogen and oxygen atoms in total. The lowest BCUT2D eigenvalue weighted by Crippen LogP contribution is -2.23. The minimum atomic E-state index is -3.62. The third-order valence-corrected chi connectivity index (χ3v) is 4.86. The summed E-state index contributed by atoms with van der Waals surface area (Å²) in [6.45, 7) is 4.73. The number of benzene rings is 2. The Hall–Kier alpha value is -2.22. The second kappa shape index (κ2) is 8.75. The molecule has 0 aromatic heterocycles. The number of amides is 1. The van der Waals surface area contributed by atoms with Crippen LogP contribution in [-0.4, -0.2) is 20.9 Å². The Kier molecular flexibility index (Phi) is 6.69. The average Bonchev–Trinajstić information content (AvgIpc) is 2.59. The van der Waals surface area contributed by atoms with Gasteiger partial charge >= 0.3 is 0 Å². The zero-order chi connectivity index (χ0) is 18.3. The number of hydrogen-bond acceptors (Lipinski definition) is 4. The highest BCUT2D eigenvalue weighted by atomic mass is 32.2. The van der Waals surface area contributed by atoms with Crippen LogP contribution in [0.1, 0.15) is 25.0 Å². The fraction of sp³-hybridized carbons (Fsp3) is 0.278. The van der Waals surface area contributed by atoms with Crippen LogP contribution < -0.4 is 10.0 Å². The first kappa shape index (κ1) is 19.1. The van der Waals surface area contributed by atoms with Gasteiger partial charge in [-0.2, -0.15) is 0 Å². The van der Waals surface area contributed by atoms with Gasteiger partial charge in [-0.1, -0.05) is 24.3 Å². The van der Waals surface area contributed by atoms with Gasteiger partial charge in [0.05, 0.1) is 11.5 Å². The third-order valence-electron chi connectivity index (χ3n) is 3.45. The van der Waals surface area contributed by atoms with Crippen molar-refractivity contribution < 1.29 is 17.9 Å². The Morgan fingerprint density at radius 2 is 1.60 bits per heavy atom. The van der Waals surface area contributed by atoms with E-state index in [4.69, 9.17) is 4.74 Å². The number of nitrogens with one attached hydrogen (secondary N) is 2. The summed E-state index contributed by atoms with van der Waals surface area (Å²) in [5.41, 5.74) is 2.46. The predicted molar refractivity (Wildman–Crippen MR) is 96.5 cm³/mol. The van der Waals surface area contributed by atoms with Crippen LogP contribution in [0.2, 0.25) is 0 Å². The van der Waals surface area contributed by atoms with Crippen LogP contribution in [0.5, 0.6) is 0 Å². The molecular formula is C18H22N2O4S. The highest BCUT2D eigenvalue weighted by Crippen LogP contribution is 2.14. The molecule has 0 radical (unpaired) electrons. The maximum absolute atomic E-state index is 12.3. The van der Waals surface area contributed by atoms with E-state index in [1.165, 1.54) is 19.1 Å². The Bertz CT molecular complexity index is 800. The molecule has 0 atom stereocenters. The molecule has 134 valence electrons. The molecule has 0 fully saturated rings. The molecule has 7 heteroatoms. The van der Waals surface area contributed by atoms with Gasteiger partial charge in [0.25, 0.3) is 0 Å². The van der Waals surface area contributed by atoms with Crippen LogP contribution in [-0.2, 0) is 32.7 Å². The fourth-order valence-electron chi connectivity index (χ4n) is 2.16. The van der Waals surface area contributed by atoms with Gasteiger partial charge in [0, 0.05) is 25.8 Å². The second-order valence-corrected chi connectivity index (χ2v) is 7.25. The summed E-state index contributed by atoms with van der Waals surface area (Å²) in [6, 6.07) is 13.6. The maximum atomic E-state index is 12.3. The van der Waals surface area contributed by atoms with Gasteiger partial charge in [0.2, 0.25) is 15.9 Å². The monoisotopic (exact) mass is 362 g/mol. The van der Waals surface area contributed by atoms with E-state index >= 15 is 0 Å². The van der Waals surface area contributed by atoms with E-state index < -0.39 is 10.0 Å². The van der Waals surface area contributed by atoms with Gasteiger partial charge in [0.15, 0.2) is 0 Å². The van der Waals surface area contributed by atoms with Gasteiger partial charge in [-0.3, -0.25) is 4.79 Å². The van der Waals surface area contributed by atoms with Crippen LogP contribution in [0.25, 0.3) is 0 Å². The van der Waals surface area contributed by atoms with Crippen molar-refractivity contribution in [2.75, 3.05) is 11.9 Å². The van der Waals surface area contributed by atoms with E-state index in [0.717, 1.165) is 11.1 Å². The normalized spacial score (nSPS) is 11.3. The Morgan fingerprint density at radius 1 is 1.00 bits per heavy atom. The molecule has 0 aliphatic carbocycles. The topological polar surface area (TPSA) is 84.5 Å². The number of rotatable bonds is 8. The molecule has 2 aromatic rings. The van der Waals surface area contributed by atoms with E-state index in [1.807, 2.05) is 31.2 Å². The molecule has 2 aromatic carbocycles. The van der Waals surface area contributed by atoms with Gasteiger partial charge in [0.1, 0.15) is 0 Å². The predicted octanol–water partition coefficient (Wildman–Crippen LogP) is 2.66. The second-order valence-electron chi connectivity index (χ2n) is 5.48. The molecule has 25 heavy (non-hydrogen) atoms. The smallest absolute Gasteiger partial charge is 0.240 e. The van der Waals surface area contributed by atoms with Crippen molar-refractivity contribution >= 4 is 21.6 Å². The van der Waals surface area contributed by atoms with Gasteiger partial charge in [-0.25, -0.2) is 13.1 Å². The average molecular weight is 362 g/mol. The molecule has 2 rings (SSSR count). The largest absolute Gasteiger partial charge is 0.377 e. The Morgan fingerprint density at radius 3 is 2.16 bits per heavy atom. The minimum absolute atomic E-state index is 0.148. The quantitative estimate of drug-likeness (QED) is 0.756. The summed E-state index contributed by atoms with van der Waals surface area (Å²) < 4.78 is 32.6. The number of sulfonamides is 1. The van der Waals surface area contributed by atoms with Crippen molar-refractivity contribution in [3.05, 3.63) is 59.7 Å². The van der Waals surface area contributed by atoms with E-state index in [-0.39, 0.29) is 17.3 Å². The molecular weight excluding hydrogens is 340 g/mol. The first-order valence-corrected chi connectivity index (χ1v) is 9.42. The van der Waals surface area contributed by atoms with Crippen molar-refractivity contribution in [3.8, 4) is 0 Å². The first-order valence-electron chi connectivity index (χ1n) is 7.93. The lowest BCUT2D eigenvalue weighted by atomic mass is 10.1. The van der Waals surface area contributed by atoms with Crippen LogP contribution in [0, 0.1) is 0 Å².